The molecule has 1 aliphatic heterocycles. The van der Waals surface area contributed by atoms with Crippen LogP contribution in [0.1, 0.15) is 23.4 Å². The van der Waals surface area contributed by atoms with Gasteiger partial charge >= 0.3 is 0 Å². The van der Waals surface area contributed by atoms with E-state index in [9.17, 15) is 9.90 Å². The molecule has 1 saturated heterocycles. The number of hydrogen-bond acceptors (Lipinski definition) is 4. The molecular formula is C11H14BrNO4. The molecule has 0 radical (unpaired) electrons. The number of rotatable bonds is 3. The second-order valence-corrected chi connectivity index (χ2v) is 4.90. The summed E-state index contributed by atoms with van der Waals surface area (Å²) in [7, 11) is 0. The number of ether oxygens (including phenoxy) is 1. The standard InChI is InChI=1S/C11H14BrNO4/c12-9-2-1-8(17-9)10(14)13-7-11(15)3-5-16-6-4-11/h1-2,15H,3-7H2,(H,13,14). The van der Waals surface area contributed by atoms with Crippen molar-refractivity contribution >= 4 is 21.8 Å². The maximum absolute atomic E-state index is 11.7. The summed E-state index contributed by atoms with van der Waals surface area (Å²) < 4.78 is 10.8. The van der Waals surface area contributed by atoms with Gasteiger partial charge in [0.1, 0.15) is 0 Å². The van der Waals surface area contributed by atoms with Crippen molar-refractivity contribution in [1.82, 2.24) is 5.32 Å². The van der Waals surface area contributed by atoms with Gasteiger partial charge in [-0.15, -0.1) is 0 Å². The van der Waals surface area contributed by atoms with Crippen molar-refractivity contribution in [1.29, 1.82) is 0 Å². The van der Waals surface area contributed by atoms with Gasteiger partial charge in [0.2, 0.25) is 0 Å². The topological polar surface area (TPSA) is 71.7 Å². The third-order valence-corrected chi connectivity index (χ3v) is 3.22. The minimum absolute atomic E-state index is 0.216. The van der Waals surface area contributed by atoms with Crippen LogP contribution in [-0.2, 0) is 4.74 Å². The molecule has 0 atom stereocenters. The zero-order valence-corrected chi connectivity index (χ0v) is 10.8. The van der Waals surface area contributed by atoms with Gasteiger partial charge in [-0.1, -0.05) is 0 Å². The highest BCUT2D eigenvalue weighted by atomic mass is 79.9. The normalized spacial score (nSPS) is 18.9. The molecule has 0 aromatic carbocycles. The van der Waals surface area contributed by atoms with Gasteiger partial charge < -0.3 is 19.6 Å². The average Bonchev–Trinajstić information content (AvgIpc) is 2.74. The Morgan fingerprint density at radius 1 is 1.47 bits per heavy atom. The summed E-state index contributed by atoms with van der Waals surface area (Å²) in [5.74, 6) is -0.0943. The first-order chi connectivity index (χ1) is 8.09. The van der Waals surface area contributed by atoms with Crippen LogP contribution in [-0.4, -0.2) is 36.4 Å². The van der Waals surface area contributed by atoms with Gasteiger partial charge in [0.15, 0.2) is 10.4 Å². The summed E-state index contributed by atoms with van der Waals surface area (Å²) in [4.78, 5) is 11.7. The third kappa shape index (κ3) is 3.31. The molecule has 1 fully saturated rings. The number of hydrogen-bond donors (Lipinski definition) is 2. The Kier molecular flexibility index (Phi) is 3.86. The summed E-state index contributed by atoms with van der Waals surface area (Å²) in [6.07, 6.45) is 1.07. The first kappa shape index (κ1) is 12.6. The van der Waals surface area contributed by atoms with Gasteiger partial charge in [0, 0.05) is 32.6 Å². The molecule has 94 valence electrons. The summed E-state index contributed by atoms with van der Waals surface area (Å²) in [6, 6.07) is 3.23. The van der Waals surface area contributed by atoms with E-state index in [1.807, 2.05) is 0 Å². The van der Waals surface area contributed by atoms with Gasteiger partial charge in [0.05, 0.1) is 5.60 Å². The molecule has 0 saturated carbocycles. The zero-order valence-electron chi connectivity index (χ0n) is 9.24. The Labute approximate surface area is 107 Å². The SMILES string of the molecule is O=C(NCC1(O)CCOCC1)c1ccc(Br)o1. The summed E-state index contributed by atoms with van der Waals surface area (Å²) >= 11 is 3.13. The van der Waals surface area contributed by atoms with Crippen LogP contribution in [0.25, 0.3) is 0 Å². The molecule has 6 heteroatoms. The van der Waals surface area contributed by atoms with E-state index in [4.69, 9.17) is 9.15 Å². The van der Waals surface area contributed by atoms with Crippen molar-refractivity contribution in [3.8, 4) is 0 Å². The smallest absolute Gasteiger partial charge is 0.287 e. The molecule has 0 aliphatic carbocycles. The molecule has 1 aliphatic rings. The number of carbonyl (C=O) groups is 1. The lowest BCUT2D eigenvalue weighted by Crippen LogP contribution is -2.46. The molecule has 0 bridgehead atoms. The number of aliphatic hydroxyl groups is 1. The molecule has 2 heterocycles. The van der Waals surface area contributed by atoms with E-state index in [0.29, 0.717) is 30.7 Å². The maximum Gasteiger partial charge on any atom is 0.287 e. The van der Waals surface area contributed by atoms with E-state index in [2.05, 4.69) is 21.2 Å². The average molecular weight is 304 g/mol. The van der Waals surface area contributed by atoms with E-state index in [1.54, 1.807) is 12.1 Å². The number of amides is 1. The lowest BCUT2D eigenvalue weighted by atomic mass is 9.94. The van der Waals surface area contributed by atoms with Crippen molar-refractivity contribution in [2.45, 2.75) is 18.4 Å². The highest BCUT2D eigenvalue weighted by molar-refractivity contribution is 9.10. The van der Waals surface area contributed by atoms with Crippen LogP contribution in [0, 0.1) is 0 Å². The molecule has 1 aromatic heterocycles. The van der Waals surface area contributed by atoms with Crippen molar-refractivity contribution in [2.24, 2.45) is 0 Å². The molecule has 0 unspecified atom stereocenters. The number of carbonyl (C=O) groups excluding carboxylic acids is 1. The molecule has 0 spiro atoms. The van der Waals surface area contributed by atoms with Crippen LogP contribution in [0.5, 0.6) is 0 Å². The quantitative estimate of drug-likeness (QED) is 0.883. The van der Waals surface area contributed by atoms with Crippen LogP contribution in [0.3, 0.4) is 0 Å². The van der Waals surface area contributed by atoms with Crippen molar-refractivity contribution < 1.29 is 19.1 Å². The molecule has 2 rings (SSSR count). The highest BCUT2D eigenvalue weighted by Gasteiger charge is 2.30. The minimum atomic E-state index is -0.863. The number of halogens is 1. The molecule has 2 N–H and O–H groups in total. The zero-order chi connectivity index (χ0) is 12.3. The Bertz CT molecular complexity index is 398. The molecule has 17 heavy (non-hydrogen) atoms. The molecular weight excluding hydrogens is 290 g/mol. The highest BCUT2D eigenvalue weighted by Crippen LogP contribution is 2.20. The monoisotopic (exact) mass is 303 g/mol. The van der Waals surface area contributed by atoms with Gasteiger partial charge in [-0.25, -0.2) is 0 Å². The number of furan rings is 1. The van der Waals surface area contributed by atoms with Crippen molar-refractivity contribution in [3.05, 3.63) is 22.6 Å². The lowest BCUT2D eigenvalue weighted by Gasteiger charge is -2.31. The van der Waals surface area contributed by atoms with Crippen LogP contribution in [0.2, 0.25) is 0 Å². The lowest BCUT2D eigenvalue weighted by molar-refractivity contribution is -0.0605. The van der Waals surface area contributed by atoms with Gasteiger partial charge in [-0.05, 0) is 28.1 Å². The Hall–Kier alpha value is -0.850. The predicted molar refractivity (Wildman–Crippen MR) is 63.7 cm³/mol. The number of nitrogens with one attached hydrogen (secondary N) is 1. The molecule has 1 amide bonds. The largest absolute Gasteiger partial charge is 0.444 e. The molecule has 1 aromatic rings. The summed E-state index contributed by atoms with van der Waals surface area (Å²) in [5.41, 5.74) is -0.863. The third-order valence-electron chi connectivity index (χ3n) is 2.80. The first-order valence-corrected chi connectivity index (χ1v) is 6.22. The van der Waals surface area contributed by atoms with Crippen LogP contribution < -0.4 is 5.32 Å². The van der Waals surface area contributed by atoms with E-state index in [-0.39, 0.29) is 18.2 Å². The second kappa shape index (κ2) is 5.20. The van der Waals surface area contributed by atoms with Gasteiger partial charge in [-0.3, -0.25) is 4.79 Å². The Morgan fingerprint density at radius 2 is 2.18 bits per heavy atom. The Balaban J connectivity index is 1.87. The molecule has 5 nitrogen and oxygen atoms in total. The second-order valence-electron chi connectivity index (χ2n) is 4.12. The fourth-order valence-electron chi connectivity index (χ4n) is 1.70. The van der Waals surface area contributed by atoms with Crippen LogP contribution >= 0.6 is 15.9 Å². The van der Waals surface area contributed by atoms with Crippen molar-refractivity contribution in [2.75, 3.05) is 19.8 Å². The Morgan fingerprint density at radius 3 is 2.76 bits per heavy atom. The van der Waals surface area contributed by atoms with Crippen molar-refractivity contribution in [3.63, 3.8) is 0 Å². The van der Waals surface area contributed by atoms with E-state index < -0.39 is 5.60 Å². The van der Waals surface area contributed by atoms with Gasteiger partial charge in [-0.2, -0.15) is 0 Å². The van der Waals surface area contributed by atoms with Gasteiger partial charge in [0.25, 0.3) is 5.91 Å². The fraction of sp³-hybridized carbons (Fsp3) is 0.545. The maximum atomic E-state index is 11.7. The minimum Gasteiger partial charge on any atom is -0.444 e. The summed E-state index contributed by atoms with van der Waals surface area (Å²) in [6.45, 7) is 1.27. The predicted octanol–water partition coefficient (Wildman–Crippen LogP) is 1.31. The van der Waals surface area contributed by atoms with Crippen LogP contribution in [0.15, 0.2) is 21.2 Å². The fourth-order valence-corrected chi connectivity index (χ4v) is 2.00. The first-order valence-electron chi connectivity index (χ1n) is 5.43. The summed E-state index contributed by atoms with van der Waals surface area (Å²) in [5, 5.41) is 12.8. The van der Waals surface area contributed by atoms with E-state index in [0.717, 1.165) is 0 Å². The van der Waals surface area contributed by atoms with E-state index in [1.165, 1.54) is 0 Å². The van der Waals surface area contributed by atoms with E-state index >= 15 is 0 Å². The van der Waals surface area contributed by atoms with Crippen LogP contribution in [0.4, 0.5) is 0 Å².